The lowest BCUT2D eigenvalue weighted by atomic mass is 10.2. The van der Waals surface area contributed by atoms with E-state index in [1.165, 1.54) is 0 Å². The number of nitrogens with one attached hydrogen (secondary N) is 1. The smallest absolute Gasteiger partial charge is 0.125 e. The molecule has 1 aromatic rings. The normalized spacial score (nSPS) is 18.8. The molecule has 2 rings (SSSR count). The van der Waals surface area contributed by atoms with Gasteiger partial charge < -0.3 is 10.1 Å². The summed E-state index contributed by atoms with van der Waals surface area (Å²) in [6.07, 6.45) is 1.81. The van der Waals surface area contributed by atoms with Crippen molar-refractivity contribution in [1.29, 1.82) is 0 Å². The van der Waals surface area contributed by atoms with E-state index in [1.807, 2.05) is 19.2 Å². The van der Waals surface area contributed by atoms with Gasteiger partial charge in [0.25, 0.3) is 0 Å². The molecule has 5 heteroatoms. The number of aromatic nitrogens is 2. The first kappa shape index (κ1) is 13.4. The van der Waals surface area contributed by atoms with Gasteiger partial charge in [0.2, 0.25) is 0 Å². The van der Waals surface area contributed by atoms with Gasteiger partial charge in [-0.25, -0.2) is 9.97 Å². The van der Waals surface area contributed by atoms with Crippen LogP contribution in [-0.4, -0.2) is 53.8 Å². The number of hydrogen-bond donors (Lipinski definition) is 1. The number of ether oxygens (including phenoxy) is 1. The number of rotatable bonds is 5. The third-order valence-electron chi connectivity index (χ3n) is 3.10. The SMILES string of the molecule is Cc1nccc(CNC(C)CN2CCOCC2)n1. The van der Waals surface area contributed by atoms with E-state index in [2.05, 4.69) is 27.1 Å². The van der Waals surface area contributed by atoms with Gasteiger partial charge in [-0.3, -0.25) is 4.90 Å². The van der Waals surface area contributed by atoms with Crippen LogP contribution in [0.3, 0.4) is 0 Å². The van der Waals surface area contributed by atoms with Crippen molar-refractivity contribution in [3.8, 4) is 0 Å². The van der Waals surface area contributed by atoms with Crippen LogP contribution in [0.4, 0.5) is 0 Å². The molecule has 1 aliphatic rings. The molecule has 1 unspecified atom stereocenters. The molecule has 1 atom stereocenters. The van der Waals surface area contributed by atoms with E-state index in [9.17, 15) is 0 Å². The van der Waals surface area contributed by atoms with Crippen LogP contribution in [-0.2, 0) is 11.3 Å². The third-order valence-corrected chi connectivity index (χ3v) is 3.10. The first-order valence-corrected chi connectivity index (χ1v) is 6.56. The summed E-state index contributed by atoms with van der Waals surface area (Å²) in [6.45, 7) is 9.79. The Kier molecular flexibility index (Phi) is 5.04. The molecule has 0 amide bonds. The average Bonchev–Trinajstić information content (AvgIpc) is 2.38. The Morgan fingerprint density at radius 3 is 2.94 bits per heavy atom. The molecule has 0 aliphatic carbocycles. The maximum absolute atomic E-state index is 5.34. The molecule has 0 spiro atoms. The van der Waals surface area contributed by atoms with Gasteiger partial charge in [0.1, 0.15) is 5.82 Å². The Bertz CT molecular complexity index is 366. The second-order valence-electron chi connectivity index (χ2n) is 4.79. The standard InChI is InChI=1S/C13H22N4O/c1-11(10-17-5-7-18-8-6-17)15-9-13-3-4-14-12(2)16-13/h3-4,11,15H,5-10H2,1-2H3. The topological polar surface area (TPSA) is 50.3 Å². The van der Waals surface area contributed by atoms with Gasteiger partial charge in [-0.05, 0) is 19.9 Å². The maximum Gasteiger partial charge on any atom is 0.125 e. The maximum atomic E-state index is 5.34. The molecule has 100 valence electrons. The molecule has 2 heterocycles. The zero-order valence-corrected chi connectivity index (χ0v) is 11.2. The van der Waals surface area contributed by atoms with Crippen LogP contribution >= 0.6 is 0 Å². The lowest BCUT2D eigenvalue weighted by Gasteiger charge is -2.29. The first-order chi connectivity index (χ1) is 8.74. The summed E-state index contributed by atoms with van der Waals surface area (Å²) in [6, 6.07) is 2.42. The van der Waals surface area contributed by atoms with Crippen LogP contribution in [0.1, 0.15) is 18.4 Å². The van der Waals surface area contributed by atoms with Crippen LogP contribution in [0, 0.1) is 6.92 Å². The highest BCUT2D eigenvalue weighted by atomic mass is 16.5. The van der Waals surface area contributed by atoms with Gasteiger partial charge >= 0.3 is 0 Å². The number of aryl methyl sites for hydroxylation is 1. The van der Waals surface area contributed by atoms with Crippen molar-refractivity contribution < 1.29 is 4.74 Å². The van der Waals surface area contributed by atoms with Crippen LogP contribution in [0.2, 0.25) is 0 Å². The van der Waals surface area contributed by atoms with Crippen molar-refractivity contribution in [2.75, 3.05) is 32.8 Å². The fourth-order valence-electron chi connectivity index (χ4n) is 2.12. The summed E-state index contributed by atoms with van der Waals surface area (Å²) in [5, 5.41) is 3.50. The first-order valence-electron chi connectivity index (χ1n) is 6.56. The van der Waals surface area contributed by atoms with Crippen molar-refractivity contribution >= 4 is 0 Å². The zero-order chi connectivity index (χ0) is 12.8. The summed E-state index contributed by atoms with van der Waals surface area (Å²) < 4.78 is 5.34. The van der Waals surface area contributed by atoms with E-state index in [0.29, 0.717) is 6.04 Å². The van der Waals surface area contributed by atoms with Gasteiger partial charge in [-0.15, -0.1) is 0 Å². The van der Waals surface area contributed by atoms with Crippen molar-refractivity contribution in [3.63, 3.8) is 0 Å². The van der Waals surface area contributed by atoms with E-state index >= 15 is 0 Å². The molecule has 0 saturated carbocycles. The third kappa shape index (κ3) is 4.33. The molecule has 1 aromatic heterocycles. The number of hydrogen-bond acceptors (Lipinski definition) is 5. The molecular weight excluding hydrogens is 228 g/mol. The zero-order valence-electron chi connectivity index (χ0n) is 11.2. The Labute approximate surface area is 109 Å². The fraction of sp³-hybridized carbons (Fsp3) is 0.692. The Hall–Kier alpha value is -1.04. The van der Waals surface area contributed by atoms with Crippen LogP contribution in [0.15, 0.2) is 12.3 Å². The van der Waals surface area contributed by atoms with Crippen molar-refractivity contribution in [2.45, 2.75) is 26.4 Å². The Morgan fingerprint density at radius 2 is 2.22 bits per heavy atom. The molecular formula is C13H22N4O. The van der Waals surface area contributed by atoms with Crippen molar-refractivity contribution in [3.05, 3.63) is 23.8 Å². The van der Waals surface area contributed by atoms with Gasteiger partial charge in [-0.1, -0.05) is 0 Å². The Balaban J connectivity index is 1.72. The summed E-state index contributed by atoms with van der Waals surface area (Å²) >= 11 is 0. The molecule has 1 N–H and O–H groups in total. The van der Waals surface area contributed by atoms with Gasteiger partial charge in [0, 0.05) is 38.4 Å². The molecule has 1 aliphatic heterocycles. The highest BCUT2D eigenvalue weighted by molar-refractivity contribution is 5.01. The molecule has 0 radical (unpaired) electrons. The summed E-state index contributed by atoms with van der Waals surface area (Å²) in [4.78, 5) is 10.9. The molecule has 0 bridgehead atoms. The van der Waals surface area contributed by atoms with E-state index in [4.69, 9.17) is 4.74 Å². The minimum Gasteiger partial charge on any atom is -0.379 e. The van der Waals surface area contributed by atoms with E-state index in [0.717, 1.165) is 50.9 Å². The minimum atomic E-state index is 0.457. The predicted molar refractivity (Wildman–Crippen MR) is 70.3 cm³/mol. The van der Waals surface area contributed by atoms with Crippen molar-refractivity contribution in [1.82, 2.24) is 20.2 Å². The quantitative estimate of drug-likeness (QED) is 0.829. The predicted octanol–water partition coefficient (Wildman–Crippen LogP) is 0.595. The lowest BCUT2D eigenvalue weighted by molar-refractivity contribution is 0.0343. The van der Waals surface area contributed by atoms with E-state index in [-0.39, 0.29) is 0 Å². The molecule has 5 nitrogen and oxygen atoms in total. The second-order valence-corrected chi connectivity index (χ2v) is 4.79. The van der Waals surface area contributed by atoms with Crippen LogP contribution < -0.4 is 5.32 Å². The Morgan fingerprint density at radius 1 is 1.44 bits per heavy atom. The van der Waals surface area contributed by atoms with Crippen LogP contribution in [0.5, 0.6) is 0 Å². The van der Waals surface area contributed by atoms with E-state index < -0.39 is 0 Å². The van der Waals surface area contributed by atoms with E-state index in [1.54, 1.807) is 0 Å². The summed E-state index contributed by atoms with van der Waals surface area (Å²) in [5.41, 5.74) is 1.05. The molecule has 1 saturated heterocycles. The number of nitrogens with zero attached hydrogens (tertiary/aromatic N) is 3. The molecule has 1 fully saturated rings. The highest BCUT2D eigenvalue weighted by Gasteiger charge is 2.13. The largest absolute Gasteiger partial charge is 0.379 e. The minimum absolute atomic E-state index is 0.457. The lowest BCUT2D eigenvalue weighted by Crippen LogP contribution is -2.44. The molecule has 0 aromatic carbocycles. The highest BCUT2D eigenvalue weighted by Crippen LogP contribution is 2.00. The molecule has 18 heavy (non-hydrogen) atoms. The average molecular weight is 250 g/mol. The van der Waals surface area contributed by atoms with Crippen LogP contribution in [0.25, 0.3) is 0 Å². The number of morpholine rings is 1. The fourth-order valence-corrected chi connectivity index (χ4v) is 2.12. The van der Waals surface area contributed by atoms with Gasteiger partial charge in [0.05, 0.1) is 18.9 Å². The van der Waals surface area contributed by atoms with Gasteiger partial charge in [-0.2, -0.15) is 0 Å². The van der Waals surface area contributed by atoms with Gasteiger partial charge in [0.15, 0.2) is 0 Å². The second kappa shape index (κ2) is 6.78. The van der Waals surface area contributed by atoms with Crippen molar-refractivity contribution in [2.24, 2.45) is 0 Å². The summed E-state index contributed by atoms with van der Waals surface area (Å²) in [7, 11) is 0. The monoisotopic (exact) mass is 250 g/mol. The summed E-state index contributed by atoms with van der Waals surface area (Å²) in [5.74, 6) is 0.829.